The normalized spacial score (nSPS) is 27.4. The van der Waals surface area contributed by atoms with Gasteiger partial charge in [0, 0.05) is 13.1 Å². The first-order chi connectivity index (χ1) is 10.5. The molecule has 2 heterocycles. The van der Waals surface area contributed by atoms with E-state index in [9.17, 15) is 8.78 Å². The molecule has 1 unspecified atom stereocenters. The van der Waals surface area contributed by atoms with Gasteiger partial charge >= 0.3 is 0 Å². The molecule has 2 fully saturated rings. The molecule has 0 saturated carbocycles. The van der Waals surface area contributed by atoms with Gasteiger partial charge in [0.2, 0.25) is 0 Å². The second kappa shape index (κ2) is 6.63. The maximum atomic E-state index is 13.3. The highest BCUT2D eigenvalue weighted by molar-refractivity contribution is 5.18. The van der Waals surface area contributed by atoms with Crippen LogP contribution in [0.15, 0.2) is 18.2 Å². The van der Waals surface area contributed by atoms with Crippen LogP contribution < -0.4 is 5.32 Å². The van der Waals surface area contributed by atoms with Gasteiger partial charge in [-0.3, -0.25) is 0 Å². The molecular formula is C18H26F2N2. The van der Waals surface area contributed by atoms with E-state index < -0.39 is 11.6 Å². The Morgan fingerprint density at radius 2 is 2.00 bits per heavy atom. The van der Waals surface area contributed by atoms with Crippen molar-refractivity contribution in [3.8, 4) is 0 Å². The minimum Gasteiger partial charge on any atom is -0.316 e. The van der Waals surface area contributed by atoms with Crippen molar-refractivity contribution in [3.63, 3.8) is 0 Å². The third-order valence-electron chi connectivity index (χ3n) is 5.28. The molecule has 0 radical (unpaired) electrons. The van der Waals surface area contributed by atoms with E-state index in [0.29, 0.717) is 11.3 Å². The Labute approximate surface area is 131 Å². The van der Waals surface area contributed by atoms with E-state index in [4.69, 9.17) is 0 Å². The van der Waals surface area contributed by atoms with Gasteiger partial charge in [0.1, 0.15) is 0 Å². The summed E-state index contributed by atoms with van der Waals surface area (Å²) in [7, 11) is 0. The van der Waals surface area contributed by atoms with E-state index in [1.807, 2.05) is 0 Å². The smallest absolute Gasteiger partial charge is 0.159 e. The van der Waals surface area contributed by atoms with Gasteiger partial charge in [0.25, 0.3) is 0 Å². The topological polar surface area (TPSA) is 15.3 Å². The van der Waals surface area contributed by atoms with E-state index in [1.165, 1.54) is 25.1 Å². The van der Waals surface area contributed by atoms with Crippen LogP contribution in [0.4, 0.5) is 8.78 Å². The van der Waals surface area contributed by atoms with Crippen LogP contribution in [0.3, 0.4) is 0 Å². The van der Waals surface area contributed by atoms with Crippen LogP contribution >= 0.6 is 0 Å². The highest BCUT2D eigenvalue weighted by Crippen LogP contribution is 2.29. The van der Waals surface area contributed by atoms with Crippen molar-refractivity contribution in [3.05, 3.63) is 35.4 Å². The van der Waals surface area contributed by atoms with Crippen LogP contribution in [0.2, 0.25) is 0 Å². The Balaban J connectivity index is 1.48. The summed E-state index contributed by atoms with van der Waals surface area (Å²) in [4.78, 5) is 2.58. The molecule has 1 N–H and O–H groups in total. The van der Waals surface area contributed by atoms with Crippen molar-refractivity contribution in [2.45, 2.75) is 32.6 Å². The molecule has 0 spiro atoms. The van der Waals surface area contributed by atoms with Crippen LogP contribution in [-0.2, 0) is 6.42 Å². The molecule has 2 aliphatic heterocycles. The second-order valence-corrected chi connectivity index (χ2v) is 7.41. The third-order valence-corrected chi connectivity index (χ3v) is 5.28. The highest BCUT2D eigenvalue weighted by atomic mass is 19.2. The molecule has 122 valence electrons. The zero-order chi connectivity index (χ0) is 15.6. The molecule has 0 aliphatic carbocycles. The van der Waals surface area contributed by atoms with Gasteiger partial charge in [0.15, 0.2) is 11.6 Å². The molecule has 1 aromatic rings. The van der Waals surface area contributed by atoms with Crippen molar-refractivity contribution < 1.29 is 8.78 Å². The molecule has 3 rings (SSSR count). The molecule has 1 atom stereocenters. The van der Waals surface area contributed by atoms with Crippen LogP contribution in [0, 0.1) is 23.0 Å². The van der Waals surface area contributed by atoms with Gasteiger partial charge in [-0.05, 0) is 74.3 Å². The summed E-state index contributed by atoms with van der Waals surface area (Å²) in [5, 5.41) is 3.46. The SMILES string of the molecule is CC1(CN2CCC(Cc3ccc(F)c(F)c3)CC2)CCNC1. The second-order valence-electron chi connectivity index (χ2n) is 7.41. The number of likely N-dealkylation sites (tertiary alicyclic amines) is 1. The van der Waals surface area contributed by atoms with E-state index in [2.05, 4.69) is 17.1 Å². The lowest BCUT2D eigenvalue weighted by Gasteiger charge is -2.37. The van der Waals surface area contributed by atoms with Crippen LogP contribution in [0.25, 0.3) is 0 Å². The monoisotopic (exact) mass is 308 g/mol. The average Bonchev–Trinajstić information content (AvgIpc) is 2.91. The number of hydrogen-bond acceptors (Lipinski definition) is 2. The van der Waals surface area contributed by atoms with Crippen molar-refractivity contribution in [1.82, 2.24) is 10.2 Å². The summed E-state index contributed by atoms with van der Waals surface area (Å²) in [6, 6.07) is 4.32. The summed E-state index contributed by atoms with van der Waals surface area (Å²) in [6.07, 6.45) is 4.44. The largest absolute Gasteiger partial charge is 0.316 e. The fourth-order valence-electron chi connectivity index (χ4n) is 3.89. The van der Waals surface area contributed by atoms with Crippen LogP contribution in [0.1, 0.15) is 31.7 Å². The van der Waals surface area contributed by atoms with E-state index in [1.54, 1.807) is 6.07 Å². The van der Waals surface area contributed by atoms with Gasteiger partial charge in [0.05, 0.1) is 0 Å². The average molecular weight is 308 g/mol. The summed E-state index contributed by atoms with van der Waals surface area (Å²) in [6.45, 7) is 8.08. The standard InChI is InChI=1S/C18H26F2N2/c1-18(6-7-21-12-18)13-22-8-4-14(5-9-22)10-15-2-3-16(19)17(20)11-15/h2-3,11,14,21H,4-10,12-13H2,1H3. The van der Waals surface area contributed by atoms with Crippen LogP contribution in [-0.4, -0.2) is 37.6 Å². The maximum Gasteiger partial charge on any atom is 0.159 e. The quantitative estimate of drug-likeness (QED) is 0.919. The molecule has 1 aromatic carbocycles. The lowest BCUT2D eigenvalue weighted by Crippen LogP contribution is -2.42. The minimum atomic E-state index is -0.753. The van der Waals surface area contributed by atoms with Gasteiger partial charge in [-0.25, -0.2) is 8.78 Å². The first-order valence-corrected chi connectivity index (χ1v) is 8.41. The van der Waals surface area contributed by atoms with Crippen LogP contribution in [0.5, 0.6) is 0 Å². The molecule has 0 aromatic heterocycles. The minimum absolute atomic E-state index is 0.424. The van der Waals surface area contributed by atoms with Crippen molar-refractivity contribution in [1.29, 1.82) is 0 Å². The van der Waals surface area contributed by atoms with Crippen molar-refractivity contribution >= 4 is 0 Å². The van der Waals surface area contributed by atoms with E-state index in [0.717, 1.165) is 51.0 Å². The molecule has 4 heteroatoms. The Bertz CT molecular complexity index is 504. The van der Waals surface area contributed by atoms with Gasteiger partial charge in [-0.2, -0.15) is 0 Å². The van der Waals surface area contributed by atoms with Gasteiger partial charge < -0.3 is 10.2 Å². The number of halogens is 2. The summed E-state index contributed by atoms with van der Waals surface area (Å²) in [5.41, 5.74) is 1.34. The molecule has 2 nitrogen and oxygen atoms in total. The summed E-state index contributed by atoms with van der Waals surface area (Å²) in [5.74, 6) is -0.885. The molecule has 0 amide bonds. The number of rotatable bonds is 4. The Hall–Kier alpha value is -1.00. The lowest BCUT2D eigenvalue weighted by atomic mass is 9.86. The Morgan fingerprint density at radius 1 is 1.23 bits per heavy atom. The zero-order valence-electron chi connectivity index (χ0n) is 13.4. The number of nitrogens with zero attached hydrogens (tertiary/aromatic N) is 1. The number of benzene rings is 1. The van der Waals surface area contributed by atoms with Gasteiger partial charge in [-0.15, -0.1) is 0 Å². The van der Waals surface area contributed by atoms with E-state index >= 15 is 0 Å². The molecular weight excluding hydrogens is 282 g/mol. The van der Waals surface area contributed by atoms with Crippen molar-refractivity contribution in [2.75, 3.05) is 32.7 Å². The Kier molecular flexibility index (Phi) is 4.79. The first kappa shape index (κ1) is 15.9. The predicted octanol–water partition coefficient (Wildman–Crippen LogP) is 3.22. The highest BCUT2D eigenvalue weighted by Gasteiger charge is 2.32. The predicted molar refractivity (Wildman–Crippen MR) is 84.8 cm³/mol. The fourth-order valence-corrected chi connectivity index (χ4v) is 3.89. The summed E-state index contributed by atoms with van der Waals surface area (Å²) < 4.78 is 26.2. The number of nitrogens with one attached hydrogen (secondary N) is 1. The first-order valence-electron chi connectivity index (χ1n) is 8.41. The number of piperidine rings is 1. The van der Waals surface area contributed by atoms with Gasteiger partial charge in [-0.1, -0.05) is 13.0 Å². The molecule has 2 saturated heterocycles. The lowest BCUT2D eigenvalue weighted by molar-refractivity contribution is 0.128. The fraction of sp³-hybridized carbons (Fsp3) is 0.667. The summed E-state index contributed by atoms with van der Waals surface area (Å²) >= 11 is 0. The molecule has 0 bridgehead atoms. The molecule has 22 heavy (non-hydrogen) atoms. The zero-order valence-corrected chi connectivity index (χ0v) is 13.4. The Morgan fingerprint density at radius 3 is 2.64 bits per heavy atom. The van der Waals surface area contributed by atoms with Crippen molar-refractivity contribution in [2.24, 2.45) is 11.3 Å². The van der Waals surface area contributed by atoms with E-state index in [-0.39, 0.29) is 0 Å². The number of hydrogen-bond donors (Lipinski definition) is 1. The maximum absolute atomic E-state index is 13.3. The third kappa shape index (κ3) is 3.85. The molecule has 2 aliphatic rings.